The number of para-hydroxylation sites is 1. The summed E-state index contributed by atoms with van der Waals surface area (Å²) in [5, 5.41) is 5.94. The molecule has 28 heavy (non-hydrogen) atoms. The van der Waals surface area contributed by atoms with Crippen molar-refractivity contribution in [1.29, 1.82) is 0 Å². The van der Waals surface area contributed by atoms with Crippen LogP contribution in [-0.2, 0) is 0 Å². The number of amides is 1. The summed E-state index contributed by atoms with van der Waals surface area (Å²) in [5.74, 6) is -0.692. The first kappa shape index (κ1) is 21.6. The highest BCUT2D eigenvalue weighted by molar-refractivity contribution is 6.08. The van der Waals surface area contributed by atoms with E-state index in [9.17, 15) is 18.0 Å². The molecule has 0 aromatic heterocycles. The van der Waals surface area contributed by atoms with Crippen LogP contribution >= 0.6 is 0 Å². The maximum absolute atomic E-state index is 12.6. The predicted molar refractivity (Wildman–Crippen MR) is 104 cm³/mol. The lowest BCUT2D eigenvalue weighted by atomic mass is 10.1. The van der Waals surface area contributed by atoms with E-state index in [4.69, 9.17) is 0 Å². The van der Waals surface area contributed by atoms with Crippen molar-refractivity contribution in [3.63, 3.8) is 0 Å². The van der Waals surface area contributed by atoms with Crippen molar-refractivity contribution in [2.24, 2.45) is 0 Å². The van der Waals surface area contributed by atoms with Gasteiger partial charge in [0.1, 0.15) is 5.75 Å². The van der Waals surface area contributed by atoms with Crippen LogP contribution < -0.4 is 15.4 Å². The van der Waals surface area contributed by atoms with Crippen molar-refractivity contribution in [2.45, 2.75) is 19.7 Å². The fraction of sp³-hybridized carbons (Fsp3) is 0.350. The van der Waals surface area contributed by atoms with Crippen LogP contribution in [-0.4, -0.2) is 43.9 Å². The van der Waals surface area contributed by atoms with Crippen molar-refractivity contribution in [1.82, 2.24) is 4.90 Å². The van der Waals surface area contributed by atoms with Crippen LogP contribution in [0, 0.1) is 0 Å². The number of halogens is 3. The fourth-order valence-corrected chi connectivity index (χ4v) is 2.50. The predicted octanol–water partition coefficient (Wildman–Crippen LogP) is 4.59. The molecule has 0 heterocycles. The lowest BCUT2D eigenvalue weighted by molar-refractivity contribution is -0.274. The van der Waals surface area contributed by atoms with Gasteiger partial charge in [-0.1, -0.05) is 19.1 Å². The van der Waals surface area contributed by atoms with Crippen LogP contribution in [0.2, 0.25) is 0 Å². The number of alkyl halides is 3. The molecule has 2 rings (SSSR count). The molecule has 8 heteroatoms. The van der Waals surface area contributed by atoms with Crippen molar-refractivity contribution in [3.8, 4) is 5.75 Å². The smallest absolute Gasteiger partial charge is 0.406 e. The summed E-state index contributed by atoms with van der Waals surface area (Å²) in [4.78, 5) is 14.8. The molecule has 0 saturated heterocycles. The molecule has 0 aliphatic rings. The Kier molecular flexibility index (Phi) is 7.69. The van der Waals surface area contributed by atoms with Gasteiger partial charge in [-0.2, -0.15) is 0 Å². The van der Waals surface area contributed by atoms with Crippen LogP contribution in [0.5, 0.6) is 5.75 Å². The zero-order valence-corrected chi connectivity index (χ0v) is 15.8. The lowest BCUT2D eigenvalue weighted by Crippen LogP contribution is -2.21. The molecule has 2 aromatic rings. The Morgan fingerprint density at radius 1 is 1.11 bits per heavy atom. The van der Waals surface area contributed by atoms with Gasteiger partial charge in [0.05, 0.1) is 5.56 Å². The molecule has 0 unspecified atom stereocenters. The van der Waals surface area contributed by atoms with Gasteiger partial charge in [-0.15, -0.1) is 13.2 Å². The average molecular weight is 395 g/mol. The number of nitrogens with one attached hydrogen (secondary N) is 2. The Hall–Kier alpha value is -2.74. The zero-order chi connectivity index (χ0) is 20.6. The highest BCUT2D eigenvalue weighted by Crippen LogP contribution is 2.24. The van der Waals surface area contributed by atoms with Crippen LogP contribution in [0.1, 0.15) is 23.7 Å². The summed E-state index contributed by atoms with van der Waals surface area (Å²) in [6.07, 6.45) is -3.82. The van der Waals surface area contributed by atoms with Gasteiger partial charge in [0.2, 0.25) is 0 Å². The van der Waals surface area contributed by atoms with Crippen LogP contribution in [0.25, 0.3) is 0 Å². The van der Waals surface area contributed by atoms with Gasteiger partial charge in [-0.05, 0) is 63.0 Å². The number of benzene rings is 2. The molecule has 2 aromatic carbocycles. The third-order valence-electron chi connectivity index (χ3n) is 4.09. The van der Waals surface area contributed by atoms with E-state index in [2.05, 4.69) is 27.2 Å². The van der Waals surface area contributed by atoms with E-state index < -0.39 is 6.36 Å². The van der Waals surface area contributed by atoms with E-state index in [-0.39, 0.29) is 11.7 Å². The van der Waals surface area contributed by atoms with Crippen molar-refractivity contribution in [3.05, 3.63) is 54.1 Å². The number of hydrogen-bond acceptors (Lipinski definition) is 4. The Morgan fingerprint density at radius 2 is 1.79 bits per heavy atom. The summed E-state index contributed by atoms with van der Waals surface area (Å²) in [5.41, 5.74) is 1.54. The molecule has 0 bridgehead atoms. The standard InChI is InChI=1S/C20H24F3N3O2/c1-3-26(2)14-6-13-24-18-8-5-4-7-17(18)19(27)25-15-9-11-16(12-10-15)28-20(21,22)23/h4-5,7-12,24H,3,6,13-14H2,1-2H3,(H,25,27). The molecule has 0 spiro atoms. The van der Waals surface area contributed by atoms with E-state index in [1.807, 2.05) is 19.2 Å². The Bertz CT molecular complexity index is 764. The third-order valence-corrected chi connectivity index (χ3v) is 4.09. The summed E-state index contributed by atoms with van der Waals surface area (Å²) < 4.78 is 40.4. The van der Waals surface area contributed by atoms with Crippen LogP contribution in [0.15, 0.2) is 48.5 Å². The maximum atomic E-state index is 12.6. The van der Waals surface area contributed by atoms with Crippen molar-refractivity contribution in [2.75, 3.05) is 37.3 Å². The zero-order valence-electron chi connectivity index (χ0n) is 15.8. The van der Waals surface area contributed by atoms with Gasteiger partial charge in [0.15, 0.2) is 0 Å². The molecule has 0 aliphatic carbocycles. The lowest BCUT2D eigenvalue weighted by Gasteiger charge is -2.15. The maximum Gasteiger partial charge on any atom is 0.573 e. The Balaban J connectivity index is 1.96. The van der Waals surface area contributed by atoms with Gasteiger partial charge in [0.25, 0.3) is 5.91 Å². The highest BCUT2D eigenvalue weighted by atomic mass is 19.4. The molecule has 0 aliphatic heterocycles. The first-order valence-electron chi connectivity index (χ1n) is 8.97. The van der Waals surface area contributed by atoms with Crippen LogP contribution in [0.4, 0.5) is 24.5 Å². The number of ether oxygens (including phenoxy) is 1. The minimum Gasteiger partial charge on any atom is -0.406 e. The Morgan fingerprint density at radius 3 is 2.43 bits per heavy atom. The van der Waals surface area contributed by atoms with E-state index in [0.717, 1.165) is 38.2 Å². The molecule has 2 N–H and O–H groups in total. The number of rotatable bonds is 9. The number of carbonyl (C=O) groups excluding carboxylic acids is 1. The SMILES string of the molecule is CCN(C)CCCNc1ccccc1C(=O)Nc1ccc(OC(F)(F)F)cc1. The van der Waals surface area contributed by atoms with Gasteiger partial charge in [-0.25, -0.2) is 0 Å². The van der Waals surface area contributed by atoms with Crippen molar-refractivity contribution < 1.29 is 22.7 Å². The molecule has 5 nitrogen and oxygen atoms in total. The van der Waals surface area contributed by atoms with Crippen molar-refractivity contribution >= 4 is 17.3 Å². The monoisotopic (exact) mass is 395 g/mol. The average Bonchev–Trinajstić information content (AvgIpc) is 2.65. The quantitative estimate of drug-likeness (QED) is 0.610. The molecular formula is C20H24F3N3O2. The number of hydrogen-bond donors (Lipinski definition) is 2. The minimum atomic E-state index is -4.75. The first-order valence-corrected chi connectivity index (χ1v) is 8.97. The van der Waals surface area contributed by atoms with E-state index in [1.165, 1.54) is 12.1 Å². The third kappa shape index (κ3) is 7.11. The van der Waals surface area contributed by atoms with Gasteiger partial charge in [0, 0.05) is 17.9 Å². The van der Waals surface area contributed by atoms with E-state index in [1.54, 1.807) is 12.1 Å². The number of nitrogens with zero attached hydrogens (tertiary/aromatic N) is 1. The number of anilines is 2. The second-order valence-electron chi connectivity index (χ2n) is 6.25. The highest BCUT2D eigenvalue weighted by Gasteiger charge is 2.30. The molecule has 0 radical (unpaired) electrons. The molecule has 0 fully saturated rings. The summed E-state index contributed by atoms with van der Waals surface area (Å²) in [6, 6.07) is 12.1. The molecule has 0 atom stereocenters. The second-order valence-corrected chi connectivity index (χ2v) is 6.25. The fourth-order valence-electron chi connectivity index (χ4n) is 2.50. The molecular weight excluding hydrogens is 371 g/mol. The molecule has 1 amide bonds. The van der Waals surface area contributed by atoms with Gasteiger partial charge < -0.3 is 20.3 Å². The van der Waals surface area contributed by atoms with Gasteiger partial charge in [-0.3, -0.25) is 4.79 Å². The second kappa shape index (κ2) is 9.98. The first-order chi connectivity index (χ1) is 13.3. The minimum absolute atomic E-state index is 0.343. The largest absolute Gasteiger partial charge is 0.573 e. The molecule has 0 saturated carbocycles. The summed E-state index contributed by atoms with van der Waals surface area (Å²) in [6.45, 7) is 4.74. The number of carbonyl (C=O) groups is 1. The normalized spacial score (nSPS) is 11.4. The summed E-state index contributed by atoms with van der Waals surface area (Å²) in [7, 11) is 2.05. The van der Waals surface area contributed by atoms with Crippen LogP contribution in [0.3, 0.4) is 0 Å². The topological polar surface area (TPSA) is 53.6 Å². The molecule has 152 valence electrons. The van der Waals surface area contributed by atoms with E-state index >= 15 is 0 Å². The Labute approximate surface area is 162 Å². The summed E-state index contributed by atoms with van der Waals surface area (Å²) >= 11 is 0. The van der Waals surface area contributed by atoms with Gasteiger partial charge >= 0.3 is 6.36 Å². The van der Waals surface area contributed by atoms with E-state index in [0.29, 0.717) is 16.9 Å².